The molecule has 1 heterocycles. The number of carbonyl (C=O) groups excluding carboxylic acids is 1. The lowest BCUT2D eigenvalue weighted by Gasteiger charge is -2.19. The molecule has 0 unspecified atom stereocenters. The zero-order chi connectivity index (χ0) is 12.5. The minimum atomic E-state index is 0.136. The summed E-state index contributed by atoms with van der Waals surface area (Å²) in [5.74, 6) is 0.627. The Morgan fingerprint density at radius 1 is 1.35 bits per heavy atom. The van der Waals surface area contributed by atoms with Crippen LogP contribution < -0.4 is 0 Å². The first-order valence-corrected chi connectivity index (χ1v) is 6.49. The Morgan fingerprint density at radius 3 is 2.47 bits per heavy atom. The quantitative estimate of drug-likeness (QED) is 0.739. The van der Waals surface area contributed by atoms with Crippen LogP contribution in [0.1, 0.15) is 36.2 Å². The van der Waals surface area contributed by atoms with Gasteiger partial charge < -0.3 is 4.90 Å². The first-order valence-electron chi connectivity index (χ1n) is 5.96. The fraction of sp³-hybridized carbons (Fsp3) is 0.500. The number of hydrogen-bond donors (Lipinski definition) is 0. The maximum atomic E-state index is 12.2. The van der Waals surface area contributed by atoms with Gasteiger partial charge in [0.25, 0.3) is 5.91 Å². The van der Waals surface area contributed by atoms with Gasteiger partial charge in [-0.15, -0.1) is 11.6 Å². The van der Waals surface area contributed by atoms with Crippen molar-refractivity contribution in [2.24, 2.45) is 5.41 Å². The van der Waals surface area contributed by atoms with Crippen molar-refractivity contribution in [3.05, 3.63) is 35.4 Å². The molecular formula is C14H18ClNO. The van der Waals surface area contributed by atoms with E-state index in [1.165, 1.54) is 0 Å². The summed E-state index contributed by atoms with van der Waals surface area (Å²) in [7, 11) is 0. The summed E-state index contributed by atoms with van der Waals surface area (Å²) >= 11 is 5.73. The second-order valence-electron chi connectivity index (χ2n) is 5.47. The Labute approximate surface area is 108 Å². The van der Waals surface area contributed by atoms with Crippen LogP contribution in [0.15, 0.2) is 24.3 Å². The highest BCUT2D eigenvalue weighted by atomic mass is 35.5. The second-order valence-corrected chi connectivity index (χ2v) is 5.74. The summed E-state index contributed by atoms with van der Waals surface area (Å²) in [4.78, 5) is 14.2. The number of rotatable bonds is 2. The maximum absolute atomic E-state index is 12.2. The number of likely N-dealkylation sites (tertiary alicyclic amines) is 1. The number of benzene rings is 1. The van der Waals surface area contributed by atoms with E-state index in [1.54, 1.807) is 0 Å². The van der Waals surface area contributed by atoms with Crippen LogP contribution in [-0.2, 0) is 5.88 Å². The number of carbonyl (C=O) groups is 1. The maximum Gasteiger partial charge on any atom is 0.253 e. The molecule has 0 aromatic heterocycles. The smallest absolute Gasteiger partial charge is 0.253 e. The van der Waals surface area contributed by atoms with Crippen molar-refractivity contribution in [2.45, 2.75) is 26.1 Å². The van der Waals surface area contributed by atoms with Crippen molar-refractivity contribution in [3.63, 3.8) is 0 Å². The van der Waals surface area contributed by atoms with Gasteiger partial charge >= 0.3 is 0 Å². The molecule has 92 valence electrons. The monoisotopic (exact) mass is 251 g/mol. The number of nitrogens with zero attached hydrogens (tertiary/aromatic N) is 1. The molecule has 17 heavy (non-hydrogen) atoms. The average Bonchev–Trinajstić information content (AvgIpc) is 2.69. The van der Waals surface area contributed by atoms with Crippen molar-refractivity contribution >= 4 is 17.5 Å². The van der Waals surface area contributed by atoms with Crippen LogP contribution in [0.25, 0.3) is 0 Å². The van der Waals surface area contributed by atoms with Gasteiger partial charge in [0.05, 0.1) is 0 Å². The summed E-state index contributed by atoms with van der Waals surface area (Å²) in [6.45, 7) is 6.12. The third-order valence-corrected chi connectivity index (χ3v) is 3.63. The summed E-state index contributed by atoms with van der Waals surface area (Å²) in [6, 6.07) is 7.57. The van der Waals surface area contributed by atoms with E-state index in [0.717, 1.165) is 30.6 Å². The van der Waals surface area contributed by atoms with Crippen LogP contribution in [0.2, 0.25) is 0 Å². The second kappa shape index (κ2) is 4.69. The Morgan fingerprint density at radius 2 is 2.00 bits per heavy atom. The van der Waals surface area contributed by atoms with Crippen molar-refractivity contribution in [3.8, 4) is 0 Å². The highest BCUT2D eigenvalue weighted by molar-refractivity contribution is 6.17. The van der Waals surface area contributed by atoms with E-state index in [-0.39, 0.29) is 11.3 Å². The Kier molecular flexibility index (Phi) is 3.43. The van der Waals surface area contributed by atoms with Gasteiger partial charge in [0, 0.05) is 24.5 Å². The van der Waals surface area contributed by atoms with Crippen LogP contribution in [0.3, 0.4) is 0 Å². The molecule has 1 aromatic carbocycles. The molecule has 0 spiro atoms. The predicted octanol–water partition coefficient (Wildman–Crippen LogP) is 3.30. The van der Waals surface area contributed by atoms with Crippen molar-refractivity contribution in [2.75, 3.05) is 13.1 Å². The summed E-state index contributed by atoms with van der Waals surface area (Å²) in [5.41, 5.74) is 2.06. The number of hydrogen-bond acceptors (Lipinski definition) is 1. The van der Waals surface area contributed by atoms with Gasteiger partial charge in [-0.2, -0.15) is 0 Å². The van der Waals surface area contributed by atoms with Gasteiger partial charge in [0.15, 0.2) is 0 Å². The third kappa shape index (κ3) is 2.81. The zero-order valence-corrected chi connectivity index (χ0v) is 11.1. The fourth-order valence-corrected chi connectivity index (χ4v) is 2.38. The molecule has 0 N–H and O–H groups in total. The number of amides is 1. The zero-order valence-electron chi connectivity index (χ0n) is 10.4. The molecule has 2 rings (SSSR count). The Bertz CT molecular complexity index is 411. The molecular weight excluding hydrogens is 234 g/mol. The SMILES string of the molecule is CC1(C)CCN(C(=O)c2ccc(CCl)cc2)C1. The average molecular weight is 252 g/mol. The molecule has 0 saturated carbocycles. The molecule has 1 aromatic rings. The lowest BCUT2D eigenvalue weighted by molar-refractivity contribution is 0.0778. The molecule has 0 radical (unpaired) electrons. The van der Waals surface area contributed by atoms with Crippen LogP contribution in [0, 0.1) is 5.41 Å². The van der Waals surface area contributed by atoms with E-state index in [0.29, 0.717) is 5.88 Å². The number of halogens is 1. The van der Waals surface area contributed by atoms with Gasteiger partial charge in [-0.05, 0) is 29.5 Å². The van der Waals surface area contributed by atoms with E-state index in [9.17, 15) is 4.79 Å². The summed E-state index contributed by atoms with van der Waals surface area (Å²) < 4.78 is 0. The molecule has 2 nitrogen and oxygen atoms in total. The molecule has 0 bridgehead atoms. The normalized spacial score (nSPS) is 18.4. The molecule has 1 amide bonds. The van der Waals surface area contributed by atoms with Crippen molar-refractivity contribution < 1.29 is 4.79 Å². The minimum absolute atomic E-state index is 0.136. The minimum Gasteiger partial charge on any atom is -0.338 e. The first kappa shape index (κ1) is 12.4. The van der Waals surface area contributed by atoms with Crippen molar-refractivity contribution in [1.82, 2.24) is 4.90 Å². The van der Waals surface area contributed by atoms with Gasteiger partial charge in [-0.25, -0.2) is 0 Å². The standard InChI is InChI=1S/C14H18ClNO/c1-14(2)7-8-16(10-14)13(17)12-5-3-11(9-15)4-6-12/h3-6H,7-10H2,1-2H3. The largest absolute Gasteiger partial charge is 0.338 e. The molecule has 3 heteroatoms. The predicted molar refractivity (Wildman–Crippen MR) is 70.3 cm³/mol. The van der Waals surface area contributed by atoms with Crippen LogP contribution in [0.5, 0.6) is 0 Å². The molecule has 1 aliphatic rings. The molecule has 1 saturated heterocycles. The van der Waals surface area contributed by atoms with E-state index in [4.69, 9.17) is 11.6 Å². The van der Waals surface area contributed by atoms with E-state index in [2.05, 4.69) is 13.8 Å². The van der Waals surface area contributed by atoms with Gasteiger partial charge in [0.2, 0.25) is 0 Å². The summed E-state index contributed by atoms with van der Waals surface area (Å²) in [6.07, 6.45) is 1.08. The van der Waals surface area contributed by atoms with Gasteiger partial charge in [-0.3, -0.25) is 4.79 Å². The lowest BCUT2D eigenvalue weighted by Crippen LogP contribution is -2.30. The van der Waals surface area contributed by atoms with E-state index < -0.39 is 0 Å². The molecule has 1 aliphatic heterocycles. The highest BCUT2D eigenvalue weighted by Gasteiger charge is 2.32. The first-order chi connectivity index (χ1) is 8.02. The van der Waals surface area contributed by atoms with E-state index in [1.807, 2.05) is 29.2 Å². The van der Waals surface area contributed by atoms with Gasteiger partial charge in [-0.1, -0.05) is 26.0 Å². The Balaban J connectivity index is 2.09. The van der Waals surface area contributed by atoms with Crippen LogP contribution in [0.4, 0.5) is 0 Å². The van der Waals surface area contributed by atoms with Crippen molar-refractivity contribution in [1.29, 1.82) is 0 Å². The molecule has 0 atom stereocenters. The topological polar surface area (TPSA) is 20.3 Å². The number of alkyl halides is 1. The lowest BCUT2D eigenvalue weighted by atomic mass is 9.93. The molecule has 0 aliphatic carbocycles. The third-order valence-electron chi connectivity index (χ3n) is 3.32. The molecule has 1 fully saturated rings. The van der Waals surface area contributed by atoms with Crippen LogP contribution >= 0.6 is 11.6 Å². The van der Waals surface area contributed by atoms with Crippen LogP contribution in [-0.4, -0.2) is 23.9 Å². The van der Waals surface area contributed by atoms with Gasteiger partial charge in [0.1, 0.15) is 0 Å². The fourth-order valence-electron chi connectivity index (χ4n) is 2.20. The summed E-state index contributed by atoms with van der Waals surface area (Å²) in [5, 5.41) is 0. The van der Waals surface area contributed by atoms with E-state index >= 15 is 0 Å². The highest BCUT2D eigenvalue weighted by Crippen LogP contribution is 2.29. The Hall–Kier alpha value is -1.02.